The zero-order valence-electron chi connectivity index (χ0n) is 11.1. The van der Waals surface area contributed by atoms with Crippen LogP contribution in [0.15, 0.2) is 24.3 Å². The Kier molecular flexibility index (Phi) is 17.9. The van der Waals surface area contributed by atoms with Crippen LogP contribution in [0.1, 0.15) is 53.4 Å². The minimum Gasteiger partial charge on any atom is -0.316 e. The average molecular weight is 211 g/mol. The number of hydrogen-bond acceptors (Lipinski definition) is 1. The quantitative estimate of drug-likeness (QED) is 0.466. The van der Waals surface area contributed by atoms with Crippen LogP contribution in [-0.4, -0.2) is 13.1 Å². The molecule has 0 aromatic rings. The number of rotatable bonds is 8. The first kappa shape index (κ1) is 16.9. The molecular formula is C14H29N. The van der Waals surface area contributed by atoms with E-state index in [0.717, 1.165) is 19.5 Å². The molecule has 0 aromatic heterocycles. The van der Waals surface area contributed by atoms with E-state index in [1.807, 2.05) is 19.9 Å². The molecule has 0 amide bonds. The second kappa shape index (κ2) is 15.9. The lowest BCUT2D eigenvalue weighted by Gasteiger charge is -2.01. The highest BCUT2D eigenvalue weighted by atomic mass is 14.8. The molecule has 15 heavy (non-hydrogen) atoms. The monoisotopic (exact) mass is 211 g/mol. The highest BCUT2D eigenvalue weighted by Gasteiger charge is 1.86. The van der Waals surface area contributed by atoms with Gasteiger partial charge in [0.2, 0.25) is 0 Å². The van der Waals surface area contributed by atoms with Crippen molar-refractivity contribution in [3.63, 3.8) is 0 Å². The van der Waals surface area contributed by atoms with Gasteiger partial charge in [-0.2, -0.15) is 0 Å². The summed E-state index contributed by atoms with van der Waals surface area (Å²) in [6, 6.07) is 0. The SMILES string of the molecule is C=C/C(C)=C\CCNCCCCC.CC. The standard InChI is InChI=1S/C12H23N.C2H6/c1-4-6-7-10-13-11-8-9-12(3)5-2;1-2/h5,9,13H,2,4,6-8,10-11H2,1,3H3;1-2H3/b12-9-;. The third kappa shape index (κ3) is 16.1. The van der Waals surface area contributed by atoms with Crippen molar-refractivity contribution < 1.29 is 0 Å². The zero-order chi connectivity index (χ0) is 11.9. The maximum absolute atomic E-state index is 3.71. The Morgan fingerprint density at radius 2 is 1.87 bits per heavy atom. The maximum Gasteiger partial charge on any atom is -0.00141 e. The van der Waals surface area contributed by atoms with Crippen molar-refractivity contribution in [1.82, 2.24) is 5.32 Å². The molecule has 0 spiro atoms. The molecule has 0 fully saturated rings. The third-order valence-corrected chi connectivity index (χ3v) is 2.07. The van der Waals surface area contributed by atoms with Gasteiger partial charge in [0.15, 0.2) is 0 Å². The second-order valence-corrected chi connectivity index (χ2v) is 3.40. The Morgan fingerprint density at radius 3 is 2.40 bits per heavy atom. The molecule has 0 saturated heterocycles. The van der Waals surface area contributed by atoms with Gasteiger partial charge in [0.25, 0.3) is 0 Å². The van der Waals surface area contributed by atoms with E-state index in [1.54, 1.807) is 0 Å². The summed E-state index contributed by atoms with van der Waals surface area (Å²) in [5, 5.41) is 3.42. The van der Waals surface area contributed by atoms with Crippen molar-refractivity contribution in [2.24, 2.45) is 0 Å². The summed E-state index contributed by atoms with van der Waals surface area (Å²) >= 11 is 0. The molecule has 1 nitrogen and oxygen atoms in total. The molecule has 0 aliphatic rings. The number of allylic oxidation sites excluding steroid dienone is 2. The fourth-order valence-corrected chi connectivity index (χ4v) is 1.11. The van der Waals surface area contributed by atoms with E-state index in [1.165, 1.54) is 24.8 Å². The van der Waals surface area contributed by atoms with E-state index in [9.17, 15) is 0 Å². The third-order valence-electron chi connectivity index (χ3n) is 2.07. The van der Waals surface area contributed by atoms with E-state index in [-0.39, 0.29) is 0 Å². The Balaban J connectivity index is 0. The largest absolute Gasteiger partial charge is 0.316 e. The Labute approximate surface area is 96.7 Å². The molecule has 1 N–H and O–H groups in total. The summed E-state index contributed by atoms with van der Waals surface area (Å²) in [7, 11) is 0. The Morgan fingerprint density at radius 1 is 1.20 bits per heavy atom. The average Bonchev–Trinajstić information content (AvgIpc) is 2.30. The molecule has 0 rings (SSSR count). The highest BCUT2D eigenvalue weighted by molar-refractivity contribution is 5.12. The Bertz CT molecular complexity index is 147. The first-order valence-corrected chi connectivity index (χ1v) is 6.31. The summed E-state index contributed by atoms with van der Waals surface area (Å²) in [6.07, 6.45) is 9.19. The molecule has 0 bridgehead atoms. The van der Waals surface area contributed by atoms with Crippen LogP contribution in [0.5, 0.6) is 0 Å². The Hall–Kier alpha value is -0.560. The predicted octanol–water partition coefficient (Wildman–Crippen LogP) is 4.31. The topological polar surface area (TPSA) is 12.0 Å². The normalized spacial score (nSPS) is 10.5. The molecule has 90 valence electrons. The molecular weight excluding hydrogens is 182 g/mol. The van der Waals surface area contributed by atoms with E-state index in [4.69, 9.17) is 0 Å². The van der Waals surface area contributed by atoms with Crippen LogP contribution in [0.2, 0.25) is 0 Å². The minimum absolute atomic E-state index is 1.09. The maximum atomic E-state index is 3.71. The van der Waals surface area contributed by atoms with Gasteiger partial charge >= 0.3 is 0 Å². The first-order valence-electron chi connectivity index (χ1n) is 6.31. The predicted molar refractivity (Wildman–Crippen MR) is 72.3 cm³/mol. The van der Waals surface area contributed by atoms with Gasteiger partial charge in [-0.15, -0.1) is 0 Å². The molecule has 0 atom stereocenters. The molecule has 0 radical (unpaired) electrons. The van der Waals surface area contributed by atoms with Crippen molar-refractivity contribution >= 4 is 0 Å². The molecule has 0 aliphatic heterocycles. The van der Waals surface area contributed by atoms with E-state index >= 15 is 0 Å². The summed E-state index contributed by atoms with van der Waals surface area (Å²) in [4.78, 5) is 0. The lowest BCUT2D eigenvalue weighted by Crippen LogP contribution is -2.15. The highest BCUT2D eigenvalue weighted by Crippen LogP contribution is 1.95. The van der Waals surface area contributed by atoms with Gasteiger partial charge in [0.1, 0.15) is 0 Å². The van der Waals surface area contributed by atoms with E-state index in [0.29, 0.717) is 0 Å². The first-order chi connectivity index (χ1) is 7.31. The van der Waals surface area contributed by atoms with Crippen molar-refractivity contribution in [3.8, 4) is 0 Å². The van der Waals surface area contributed by atoms with Gasteiger partial charge < -0.3 is 5.32 Å². The fourth-order valence-electron chi connectivity index (χ4n) is 1.11. The van der Waals surface area contributed by atoms with Crippen molar-refractivity contribution in [1.29, 1.82) is 0 Å². The van der Waals surface area contributed by atoms with Gasteiger partial charge in [-0.05, 0) is 32.9 Å². The van der Waals surface area contributed by atoms with Crippen LogP contribution in [0.3, 0.4) is 0 Å². The molecule has 0 unspecified atom stereocenters. The van der Waals surface area contributed by atoms with Crippen LogP contribution >= 0.6 is 0 Å². The number of unbranched alkanes of at least 4 members (excludes halogenated alkanes) is 2. The lowest BCUT2D eigenvalue weighted by molar-refractivity contribution is 0.620. The van der Waals surface area contributed by atoms with Crippen molar-refractivity contribution in [2.75, 3.05) is 13.1 Å². The van der Waals surface area contributed by atoms with Crippen LogP contribution in [0.4, 0.5) is 0 Å². The second-order valence-electron chi connectivity index (χ2n) is 3.40. The van der Waals surface area contributed by atoms with E-state index < -0.39 is 0 Å². The summed E-state index contributed by atoms with van der Waals surface area (Å²) in [5.41, 5.74) is 1.27. The van der Waals surface area contributed by atoms with Gasteiger partial charge in [-0.25, -0.2) is 0 Å². The molecule has 1 heteroatoms. The van der Waals surface area contributed by atoms with Gasteiger partial charge in [-0.1, -0.05) is 57.9 Å². The summed E-state index contributed by atoms with van der Waals surface area (Å²) in [6.45, 7) is 14.3. The van der Waals surface area contributed by atoms with Crippen LogP contribution < -0.4 is 5.32 Å². The molecule has 0 heterocycles. The zero-order valence-corrected chi connectivity index (χ0v) is 11.1. The van der Waals surface area contributed by atoms with Gasteiger partial charge in [0, 0.05) is 0 Å². The van der Waals surface area contributed by atoms with Crippen LogP contribution in [0, 0.1) is 0 Å². The lowest BCUT2D eigenvalue weighted by atomic mass is 10.2. The van der Waals surface area contributed by atoms with Crippen LogP contribution in [0.25, 0.3) is 0 Å². The summed E-state index contributed by atoms with van der Waals surface area (Å²) < 4.78 is 0. The minimum atomic E-state index is 1.09. The smallest absolute Gasteiger partial charge is 0.00141 e. The van der Waals surface area contributed by atoms with Gasteiger partial charge in [-0.3, -0.25) is 0 Å². The van der Waals surface area contributed by atoms with E-state index in [2.05, 4.69) is 31.8 Å². The van der Waals surface area contributed by atoms with Crippen LogP contribution in [-0.2, 0) is 0 Å². The number of nitrogens with one attached hydrogen (secondary N) is 1. The molecule has 0 saturated carbocycles. The number of hydrogen-bond donors (Lipinski definition) is 1. The fraction of sp³-hybridized carbons (Fsp3) is 0.714. The molecule has 0 aliphatic carbocycles. The van der Waals surface area contributed by atoms with Crippen molar-refractivity contribution in [2.45, 2.75) is 53.4 Å². The summed E-state index contributed by atoms with van der Waals surface area (Å²) in [5.74, 6) is 0. The molecule has 0 aromatic carbocycles. The van der Waals surface area contributed by atoms with Crippen molar-refractivity contribution in [3.05, 3.63) is 24.3 Å². The van der Waals surface area contributed by atoms with Gasteiger partial charge in [0.05, 0.1) is 0 Å².